The Morgan fingerprint density at radius 2 is 2.15 bits per heavy atom. The van der Waals surface area contributed by atoms with E-state index in [1.54, 1.807) is 6.92 Å². The Balaban J connectivity index is 2.26. The van der Waals surface area contributed by atoms with E-state index in [-0.39, 0.29) is 11.6 Å². The second kappa shape index (κ2) is 6.43. The van der Waals surface area contributed by atoms with E-state index in [1.165, 1.54) is 17.8 Å². The number of aromatic nitrogens is 2. The maximum absolute atomic E-state index is 11.4. The van der Waals surface area contributed by atoms with Gasteiger partial charge in [-0.1, -0.05) is 29.4 Å². The van der Waals surface area contributed by atoms with E-state index in [0.717, 1.165) is 10.5 Å². The van der Waals surface area contributed by atoms with Gasteiger partial charge in [0.2, 0.25) is 0 Å². The molecule has 0 saturated carbocycles. The Morgan fingerprint density at radius 1 is 1.40 bits per heavy atom. The molecule has 1 aromatic carbocycles. The van der Waals surface area contributed by atoms with Crippen molar-refractivity contribution >= 4 is 23.4 Å². The monoisotopic (exact) mass is 309 g/mol. The SMILES string of the molecule is CNC(C)c1ccc(Sc2nc(C)cc(=O)[nH]2)cc1Cl. The Hall–Kier alpha value is -1.30. The summed E-state index contributed by atoms with van der Waals surface area (Å²) in [6.45, 7) is 3.84. The predicted octanol–water partition coefficient (Wildman–Crippen LogP) is 3.16. The standard InChI is InChI=1S/C14H16ClN3OS/c1-8-6-13(19)18-14(17-8)20-10-4-5-11(9(2)16-3)12(15)7-10/h4-7,9,16H,1-3H3,(H,17,18,19). The number of hydrogen-bond acceptors (Lipinski definition) is 4. The van der Waals surface area contributed by atoms with Crippen molar-refractivity contribution in [3.8, 4) is 0 Å². The molecule has 2 aromatic rings. The molecule has 0 radical (unpaired) electrons. The third-order valence-electron chi connectivity index (χ3n) is 2.93. The fraction of sp³-hybridized carbons (Fsp3) is 0.286. The normalized spacial score (nSPS) is 12.4. The highest BCUT2D eigenvalue weighted by molar-refractivity contribution is 7.99. The van der Waals surface area contributed by atoms with Crippen LogP contribution in [0.5, 0.6) is 0 Å². The van der Waals surface area contributed by atoms with Crippen LogP contribution < -0.4 is 10.9 Å². The molecule has 4 nitrogen and oxygen atoms in total. The van der Waals surface area contributed by atoms with E-state index in [1.807, 2.05) is 32.2 Å². The van der Waals surface area contributed by atoms with Gasteiger partial charge in [0.05, 0.1) is 0 Å². The molecule has 2 N–H and O–H groups in total. The number of H-pyrrole nitrogens is 1. The molecule has 0 amide bonds. The fourth-order valence-electron chi connectivity index (χ4n) is 1.79. The highest BCUT2D eigenvalue weighted by Crippen LogP contribution is 2.30. The Bertz CT molecular complexity index is 672. The lowest BCUT2D eigenvalue weighted by atomic mass is 10.1. The molecule has 0 spiro atoms. The van der Waals surface area contributed by atoms with E-state index in [2.05, 4.69) is 15.3 Å². The summed E-state index contributed by atoms with van der Waals surface area (Å²) in [6.07, 6.45) is 0. The number of nitrogens with one attached hydrogen (secondary N) is 2. The quantitative estimate of drug-likeness (QED) is 0.852. The van der Waals surface area contributed by atoms with Crippen LogP contribution in [0.4, 0.5) is 0 Å². The van der Waals surface area contributed by atoms with E-state index in [9.17, 15) is 4.79 Å². The maximum atomic E-state index is 11.4. The van der Waals surface area contributed by atoms with Crippen LogP contribution in [0.3, 0.4) is 0 Å². The molecule has 0 aliphatic carbocycles. The van der Waals surface area contributed by atoms with Gasteiger partial charge in [0.25, 0.3) is 5.56 Å². The molecular weight excluding hydrogens is 294 g/mol. The molecule has 1 aromatic heterocycles. The summed E-state index contributed by atoms with van der Waals surface area (Å²) in [5.41, 5.74) is 1.60. The van der Waals surface area contributed by atoms with Gasteiger partial charge in [-0.2, -0.15) is 0 Å². The summed E-state index contributed by atoms with van der Waals surface area (Å²) in [5, 5.41) is 4.43. The zero-order valence-corrected chi connectivity index (χ0v) is 13.1. The third-order valence-corrected chi connectivity index (χ3v) is 4.14. The molecule has 2 rings (SSSR count). The van der Waals surface area contributed by atoms with Gasteiger partial charge in [0.1, 0.15) is 0 Å². The van der Waals surface area contributed by atoms with Gasteiger partial charge in [0.15, 0.2) is 5.16 Å². The summed E-state index contributed by atoms with van der Waals surface area (Å²) < 4.78 is 0. The van der Waals surface area contributed by atoms with E-state index in [0.29, 0.717) is 15.9 Å². The second-order valence-electron chi connectivity index (χ2n) is 4.49. The van der Waals surface area contributed by atoms with Gasteiger partial charge < -0.3 is 10.3 Å². The average molecular weight is 310 g/mol. The molecular formula is C14H16ClN3OS. The van der Waals surface area contributed by atoms with Crippen molar-refractivity contribution < 1.29 is 0 Å². The first-order chi connectivity index (χ1) is 9.49. The Morgan fingerprint density at radius 3 is 2.75 bits per heavy atom. The number of rotatable bonds is 4. The number of aryl methyl sites for hydroxylation is 1. The van der Waals surface area contributed by atoms with Crippen molar-refractivity contribution in [2.75, 3.05) is 7.05 Å². The minimum atomic E-state index is -0.147. The average Bonchev–Trinajstić information content (AvgIpc) is 2.36. The molecule has 6 heteroatoms. The van der Waals surface area contributed by atoms with Gasteiger partial charge in [-0.15, -0.1) is 0 Å². The first-order valence-electron chi connectivity index (χ1n) is 6.22. The van der Waals surface area contributed by atoms with Crippen LogP contribution in [0.25, 0.3) is 0 Å². The molecule has 1 atom stereocenters. The van der Waals surface area contributed by atoms with Crippen LogP contribution in [0.15, 0.2) is 39.1 Å². The number of halogens is 1. The van der Waals surface area contributed by atoms with E-state index < -0.39 is 0 Å². The van der Waals surface area contributed by atoms with Crippen molar-refractivity contribution in [2.45, 2.75) is 29.9 Å². The Labute approximate surface area is 127 Å². The number of hydrogen-bond donors (Lipinski definition) is 2. The van der Waals surface area contributed by atoms with Crippen molar-refractivity contribution in [3.63, 3.8) is 0 Å². The lowest BCUT2D eigenvalue weighted by molar-refractivity contribution is 0.652. The predicted molar refractivity (Wildman–Crippen MR) is 82.6 cm³/mol. The van der Waals surface area contributed by atoms with Gasteiger partial charge in [0, 0.05) is 27.7 Å². The van der Waals surface area contributed by atoms with Crippen molar-refractivity contribution in [3.05, 3.63) is 50.9 Å². The summed E-state index contributed by atoms with van der Waals surface area (Å²) in [6, 6.07) is 7.51. The van der Waals surface area contributed by atoms with Crippen LogP contribution in [-0.4, -0.2) is 17.0 Å². The summed E-state index contributed by atoms with van der Waals surface area (Å²) >= 11 is 7.67. The van der Waals surface area contributed by atoms with Crippen molar-refractivity contribution in [1.82, 2.24) is 15.3 Å². The van der Waals surface area contributed by atoms with Crippen LogP contribution >= 0.6 is 23.4 Å². The summed E-state index contributed by atoms with van der Waals surface area (Å²) in [7, 11) is 1.89. The first kappa shape index (κ1) is 15.1. The van der Waals surface area contributed by atoms with E-state index in [4.69, 9.17) is 11.6 Å². The molecule has 0 saturated heterocycles. The molecule has 1 heterocycles. The van der Waals surface area contributed by atoms with Crippen LogP contribution in [-0.2, 0) is 0 Å². The summed E-state index contributed by atoms with van der Waals surface area (Å²) in [4.78, 5) is 19.3. The smallest absolute Gasteiger partial charge is 0.251 e. The van der Waals surface area contributed by atoms with Crippen molar-refractivity contribution in [1.29, 1.82) is 0 Å². The highest BCUT2D eigenvalue weighted by atomic mass is 35.5. The molecule has 0 aliphatic rings. The largest absolute Gasteiger partial charge is 0.313 e. The van der Waals surface area contributed by atoms with Crippen LogP contribution in [0.2, 0.25) is 5.02 Å². The van der Waals surface area contributed by atoms with Crippen molar-refractivity contribution in [2.24, 2.45) is 0 Å². The molecule has 0 bridgehead atoms. The topological polar surface area (TPSA) is 57.8 Å². The van der Waals surface area contributed by atoms with Gasteiger partial charge in [-0.05, 0) is 38.6 Å². The summed E-state index contributed by atoms with van der Waals surface area (Å²) in [5.74, 6) is 0. The zero-order valence-electron chi connectivity index (χ0n) is 11.5. The van der Waals surface area contributed by atoms with Gasteiger partial charge >= 0.3 is 0 Å². The second-order valence-corrected chi connectivity index (χ2v) is 5.96. The minimum absolute atomic E-state index is 0.147. The highest BCUT2D eigenvalue weighted by Gasteiger charge is 2.09. The number of nitrogens with zero attached hydrogens (tertiary/aromatic N) is 1. The lowest BCUT2D eigenvalue weighted by Crippen LogP contribution is -2.12. The third kappa shape index (κ3) is 3.62. The first-order valence-corrected chi connectivity index (χ1v) is 7.41. The molecule has 0 aliphatic heterocycles. The van der Waals surface area contributed by atoms with Gasteiger partial charge in [-0.25, -0.2) is 4.98 Å². The molecule has 0 fully saturated rings. The number of aromatic amines is 1. The van der Waals surface area contributed by atoms with Crippen LogP contribution in [0.1, 0.15) is 24.2 Å². The molecule has 20 heavy (non-hydrogen) atoms. The van der Waals surface area contributed by atoms with Crippen LogP contribution in [0, 0.1) is 6.92 Å². The fourth-order valence-corrected chi connectivity index (χ4v) is 3.08. The zero-order chi connectivity index (χ0) is 14.7. The maximum Gasteiger partial charge on any atom is 0.251 e. The van der Waals surface area contributed by atoms with E-state index >= 15 is 0 Å². The minimum Gasteiger partial charge on any atom is -0.313 e. The molecule has 1 unspecified atom stereocenters. The Kier molecular flexibility index (Phi) is 4.86. The lowest BCUT2D eigenvalue weighted by Gasteiger charge is -2.13. The van der Waals surface area contributed by atoms with Gasteiger partial charge in [-0.3, -0.25) is 4.79 Å². The number of benzene rings is 1. The molecule has 106 valence electrons.